The van der Waals surface area contributed by atoms with E-state index in [0.717, 1.165) is 44.0 Å². The minimum absolute atomic E-state index is 0.125. The van der Waals surface area contributed by atoms with Crippen molar-refractivity contribution in [2.24, 2.45) is 5.92 Å². The van der Waals surface area contributed by atoms with Gasteiger partial charge in [-0.15, -0.1) is 11.3 Å². The normalized spacial score (nSPS) is 22.8. The Kier molecular flexibility index (Phi) is 6.27. The Labute approximate surface area is 197 Å². The molecule has 0 spiro atoms. The molecule has 0 aliphatic carbocycles. The third-order valence-corrected chi connectivity index (χ3v) is 7.80. The van der Waals surface area contributed by atoms with Gasteiger partial charge >= 0.3 is 0 Å². The Morgan fingerprint density at radius 3 is 2.82 bits per heavy atom. The smallest absolute Gasteiger partial charge is 0.255 e. The van der Waals surface area contributed by atoms with Crippen molar-refractivity contribution in [1.29, 1.82) is 0 Å². The number of fused-ring (bicyclic) bond motifs is 1. The van der Waals surface area contributed by atoms with Crippen LogP contribution < -0.4 is 10.6 Å². The molecule has 3 aliphatic rings. The monoisotopic (exact) mass is 467 g/mol. The predicted octanol–water partition coefficient (Wildman–Crippen LogP) is 1.82. The topological polar surface area (TPSA) is 94.6 Å². The average molecular weight is 468 g/mol. The van der Waals surface area contributed by atoms with Crippen molar-refractivity contribution in [3.8, 4) is 0 Å². The van der Waals surface area contributed by atoms with Gasteiger partial charge in [-0.25, -0.2) is 4.98 Å². The van der Waals surface area contributed by atoms with Crippen LogP contribution in [0.25, 0.3) is 0 Å². The highest BCUT2D eigenvalue weighted by Crippen LogP contribution is 2.29. The van der Waals surface area contributed by atoms with E-state index in [1.165, 1.54) is 16.9 Å². The first-order chi connectivity index (χ1) is 16.0. The summed E-state index contributed by atoms with van der Waals surface area (Å²) in [6, 6.07) is 5.46. The SMILES string of the molecule is Cc1ncsc1CN(Cc1ccc2c(c1)CN(C1CCC(=O)NC1=O)C2=O)CC1CCNC1. The number of imide groups is 1. The van der Waals surface area contributed by atoms with Gasteiger partial charge in [0.2, 0.25) is 11.8 Å². The van der Waals surface area contributed by atoms with Crippen molar-refractivity contribution >= 4 is 29.1 Å². The van der Waals surface area contributed by atoms with Crippen molar-refractivity contribution in [2.75, 3.05) is 19.6 Å². The van der Waals surface area contributed by atoms with E-state index < -0.39 is 6.04 Å². The summed E-state index contributed by atoms with van der Waals surface area (Å²) in [5, 5.41) is 5.82. The molecule has 33 heavy (non-hydrogen) atoms. The fourth-order valence-corrected chi connectivity index (χ4v) is 5.90. The van der Waals surface area contributed by atoms with Crippen molar-refractivity contribution in [3.05, 3.63) is 51.0 Å². The summed E-state index contributed by atoms with van der Waals surface area (Å²) < 4.78 is 0. The molecule has 0 bridgehead atoms. The standard InChI is InChI=1S/C24H29N5O3S/c1-15-21(33-14-26-15)13-28(11-17-6-7-25-9-17)10-16-2-3-19-18(8-16)12-29(24(19)32)20-4-5-22(30)27-23(20)31/h2-3,8,14,17,20,25H,4-7,9-13H2,1H3,(H,27,30,31). The number of amides is 3. The average Bonchev–Trinajstić information content (AvgIpc) is 3.50. The summed E-state index contributed by atoms with van der Waals surface area (Å²) in [5.41, 5.74) is 5.78. The first kappa shape index (κ1) is 22.2. The van der Waals surface area contributed by atoms with Crippen LogP contribution in [-0.4, -0.2) is 58.2 Å². The number of aromatic nitrogens is 1. The summed E-state index contributed by atoms with van der Waals surface area (Å²) in [4.78, 5) is 46.6. The van der Waals surface area contributed by atoms with Crippen LogP contribution in [0.2, 0.25) is 0 Å². The van der Waals surface area contributed by atoms with Crippen molar-refractivity contribution in [3.63, 3.8) is 0 Å². The van der Waals surface area contributed by atoms with Gasteiger partial charge in [-0.05, 0) is 56.0 Å². The minimum Gasteiger partial charge on any atom is -0.322 e. The van der Waals surface area contributed by atoms with Crippen LogP contribution in [0.4, 0.5) is 0 Å². The van der Waals surface area contributed by atoms with Gasteiger partial charge in [0.15, 0.2) is 0 Å². The highest BCUT2D eigenvalue weighted by Gasteiger charge is 2.39. The maximum absolute atomic E-state index is 13.0. The molecule has 3 amide bonds. The van der Waals surface area contributed by atoms with Gasteiger partial charge in [0.05, 0.1) is 11.2 Å². The number of benzene rings is 1. The van der Waals surface area contributed by atoms with E-state index in [1.807, 2.05) is 17.6 Å². The molecule has 1 aromatic heterocycles. The van der Waals surface area contributed by atoms with Crippen LogP contribution in [0.3, 0.4) is 0 Å². The lowest BCUT2D eigenvalue weighted by atomic mass is 10.0. The van der Waals surface area contributed by atoms with Crippen LogP contribution in [0, 0.1) is 12.8 Å². The molecule has 0 radical (unpaired) electrons. The molecule has 9 heteroatoms. The number of piperidine rings is 1. The Morgan fingerprint density at radius 1 is 1.21 bits per heavy atom. The van der Waals surface area contributed by atoms with Crippen LogP contribution in [0.15, 0.2) is 23.7 Å². The Hall–Kier alpha value is -2.62. The summed E-state index contributed by atoms with van der Waals surface area (Å²) in [7, 11) is 0. The number of nitrogens with zero attached hydrogens (tertiary/aromatic N) is 3. The first-order valence-electron chi connectivity index (χ1n) is 11.6. The summed E-state index contributed by atoms with van der Waals surface area (Å²) >= 11 is 1.70. The number of thiazole rings is 1. The molecule has 4 heterocycles. The van der Waals surface area contributed by atoms with Crippen molar-refractivity contribution in [2.45, 2.75) is 51.9 Å². The third-order valence-electron chi connectivity index (χ3n) is 6.88. The number of rotatable bonds is 7. The molecule has 2 saturated heterocycles. The van der Waals surface area contributed by atoms with Crippen LogP contribution in [0.1, 0.15) is 51.3 Å². The van der Waals surface area contributed by atoms with E-state index in [1.54, 1.807) is 16.2 Å². The van der Waals surface area contributed by atoms with Gasteiger partial charge in [-0.3, -0.25) is 24.6 Å². The van der Waals surface area contributed by atoms with E-state index >= 15 is 0 Å². The zero-order chi connectivity index (χ0) is 22.9. The molecular formula is C24H29N5O3S. The summed E-state index contributed by atoms with van der Waals surface area (Å²) in [6.45, 7) is 7.29. The zero-order valence-corrected chi connectivity index (χ0v) is 19.6. The molecule has 0 saturated carbocycles. The third kappa shape index (κ3) is 4.71. The van der Waals surface area contributed by atoms with Crippen LogP contribution >= 0.6 is 11.3 Å². The molecule has 2 fully saturated rings. The van der Waals surface area contributed by atoms with Gasteiger partial charge in [-0.2, -0.15) is 0 Å². The van der Waals surface area contributed by atoms with E-state index in [-0.39, 0.29) is 24.1 Å². The molecular weight excluding hydrogens is 438 g/mol. The second kappa shape index (κ2) is 9.32. The van der Waals surface area contributed by atoms with E-state index in [4.69, 9.17) is 0 Å². The molecule has 2 aromatic rings. The number of carbonyl (C=O) groups is 3. The van der Waals surface area contributed by atoms with Crippen molar-refractivity contribution < 1.29 is 14.4 Å². The van der Waals surface area contributed by atoms with Crippen LogP contribution in [-0.2, 0) is 29.2 Å². The Balaban J connectivity index is 1.31. The molecule has 2 atom stereocenters. The fourth-order valence-electron chi connectivity index (χ4n) is 5.09. The molecule has 5 rings (SSSR count). The van der Waals surface area contributed by atoms with Gasteiger partial charge in [0, 0.05) is 43.0 Å². The zero-order valence-electron chi connectivity index (χ0n) is 18.8. The van der Waals surface area contributed by atoms with E-state index in [2.05, 4.69) is 33.5 Å². The second-order valence-electron chi connectivity index (χ2n) is 9.28. The molecule has 1 aromatic carbocycles. The lowest BCUT2D eigenvalue weighted by Gasteiger charge is -2.29. The molecule has 174 valence electrons. The number of hydrogen-bond donors (Lipinski definition) is 2. The van der Waals surface area contributed by atoms with Gasteiger partial charge < -0.3 is 10.2 Å². The lowest BCUT2D eigenvalue weighted by Crippen LogP contribution is -2.52. The number of aryl methyl sites for hydroxylation is 1. The van der Waals surface area contributed by atoms with Crippen molar-refractivity contribution in [1.82, 2.24) is 25.4 Å². The molecule has 2 unspecified atom stereocenters. The van der Waals surface area contributed by atoms with Gasteiger partial charge in [-0.1, -0.05) is 12.1 Å². The molecule has 2 N–H and O–H groups in total. The Morgan fingerprint density at radius 2 is 2.09 bits per heavy atom. The highest BCUT2D eigenvalue weighted by atomic mass is 32.1. The minimum atomic E-state index is -0.577. The predicted molar refractivity (Wildman–Crippen MR) is 124 cm³/mol. The first-order valence-corrected chi connectivity index (χ1v) is 12.4. The largest absolute Gasteiger partial charge is 0.322 e. The van der Waals surface area contributed by atoms with Crippen LogP contribution in [0.5, 0.6) is 0 Å². The maximum atomic E-state index is 13.0. The summed E-state index contributed by atoms with van der Waals surface area (Å²) in [6.07, 6.45) is 1.84. The van der Waals surface area contributed by atoms with Gasteiger partial charge in [0.1, 0.15) is 6.04 Å². The Bertz CT molecular complexity index is 1080. The molecule has 3 aliphatic heterocycles. The lowest BCUT2D eigenvalue weighted by molar-refractivity contribution is -0.136. The number of nitrogens with one attached hydrogen (secondary N) is 2. The quantitative estimate of drug-likeness (QED) is 0.604. The fraction of sp³-hybridized carbons (Fsp3) is 0.500. The summed E-state index contributed by atoms with van der Waals surface area (Å²) in [5.74, 6) is -0.127. The van der Waals surface area contributed by atoms with E-state index in [0.29, 0.717) is 24.4 Å². The molecule has 8 nitrogen and oxygen atoms in total. The van der Waals surface area contributed by atoms with Gasteiger partial charge in [0.25, 0.3) is 5.91 Å². The van der Waals surface area contributed by atoms with E-state index in [9.17, 15) is 14.4 Å². The highest BCUT2D eigenvalue weighted by molar-refractivity contribution is 7.09. The second-order valence-corrected chi connectivity index (χ2v) is 10.2. The number of carbonyl (C=O) groups excluding carboxylic acids is 3. The maximum Gasteiger partial charge on any atom is 0.255 e. The number of hydrogen-bond acceptors (Lipinski definition) is 7.